The van der Waals surface area contributed by atoms with E-state index >= 15 is 0 Å². The summed E-state index contributed by atoms with van der Waals surface area (Å²) in [6.45, 7) is 3.72. The van der Waals surface area contributed by atoms with Crippen LogP contribution in [0.1, 0.15) is 28.3 Å². The third kappa shape index (κ3) is 4.46. The van der Waals surface area contributed by atoms with Crippen molar-refractivity contribution in [3.05, 3.63) is 90.1 Å². The van der Waals surface area contributed by atoms with Gasteiger partial charge in [0.15, 0.2) is 0 Å². The number of nitrogens with one attached hydrogen (secondary N) is 1. The van der Waals surface area contributed by atoms with Gasteiger partial charge in [0.25, 0.3) is 5.91 Å². The van der Waals surface area contributed by atoms with Crippen molar-refractivity contribution in [1.29, 1.82) is 0 Å². The Kier molecular flexibility index (Phi) is 5.78. The van der Waals surface area contributed by atoms with Gasteiger partial charge in [0.2, 0.25) is 0 Å². The first-order valence-electron chi connectivity index (χ1n) is 9.86. The van der Waals surface area contributed by atoms with Crippen LogP contribution in [0.15, 0.2) is 79.0 Å². The number of rotatable bonds is 6. The lowest BCUT2D eigenvalue weighted by atomic mass is 9.99. The Balaban J connectivity index is 1.25. The third-order valence-corrected chi connectivity index (χ3v) is 5.36. The van der Waals surface area contributed by atoms with Crippen molar-refractivity contribution in [1.82, 2.24) is 15.2 Å². The average Bonchev–Trinajstić information content (AvgIpc) is 3.24. The van der Waals surface area contributed by atoms with E-state index in [1.54, 1.807) is 6.20 Å². The van der Waals surface area contributed by atoms with E-state index in [1.165, 1.54) is 12.0 Å². The monoisotopic (exact) mass is 371 g/mol. The molecule has 142 valence electrons. The van der Waals surface area contributed by atoms with Gasteiger partial charge in [-0.25, -0.2) is 0 Å². The van der Waals surface area contributed by atoms with Crippen molar-refractivity contribution in [2.24, 2.45) is 0 Å². The lowest BCUT2D eigenvalue weighted by Crippen LogP contribution is -2.33. The first-order valence-corrected chi connectivity index (χ1v) is 9.86. The Morgan fingerprint density at radius 3 is 2.54 bits per heavy atom. The molecule has 0 unspecified atom stereocenters. The molecule has 1 aromatic heterocycles. The number of likely N-dealkylation sites (tertiary alicyclic amines) is 1. The fraction of sp³-hybridized carbons (Fsp3) is 0.250. The summed E-state index contributed by atoms with van der Waals surface area (Å²) >= 11 is 0. The molecule has 2 heterocycles. The summed E-state index contributed by atoms with van der Waals surface area (Å²) in [4.78, 5) is 19.2. The minimum absolute atomic E-state index is 0.0219. The number of hydrogen-bond donors (Lipinski definition) is 1. The van der Waals surface area contributed by atoms with Crippen molar-refractivity contribution >= 4 is 5.91 Å². The molecule has 0 bridgehead atoms. The molecule has 3 aromatic rings. The molecule has 0 aliphatic carbocycles. The molecule has 0 saturated carbocycles. The summed E-state index contributed by atoms with van der Waals surface area (Å²) < 4.78 is 0. The van der Waals surface area contributed by atoms with Gasteiger partial charge < -0.3 is 10.2 Å². The van der Waals surface area contributed by atoms with Gasteiger partial charge in [-0.05, 0) is 48.7 Å². The second-order valence-corrected chi connectivity index (χ2v) is 7.25. The highest BCUT2D eigenvalue weighted by atomic mass is 16.1. The standard InChI is InChI=1S/C24H25N3O/c28-24(21-11-9-20(10-12-21)23-8-4-5-14-25-23)26-15-17-27-16-13-22(18-27)19-6-2-1-3-7-19/h1-12,14,22H,13,15-18H2,(H,26,28)/t22-/m0/s1. The van der Waals surface area contributed by atoms with Crippen LogP contribution in [0.5, 0.6) is 0 Å². The molecule has 1 aliphatic rings. The smallest absolute Gasteiger partial charge is 0.251 e. The van der Waals surface area contributed by atoms with E-state index in [1.807, 2.05) is 42.5 Å². The number of pyridine rings is 1. The first kappa shape index (κ1) is 18.4. The summed E-state index contributed by atoms with van der Waals surface area (Å²) in [6.07, 6.45) is 2.96. The molecule has 4 nitrogen and oxygen atoms in total. The zero-order valence-corrected chi connectivity index (χ0v) is 15.9. The molecule has 1 N–H and O–H groups in total. The Labute approximate surface area is 166 Å². The summed E-state index contributed by atoms with van der Waals surface area (Å²) in [6, 6.07) is 24.1. The van der Waals surface area contributed by atoms with E-state index in [4.69, 9.17) is 0 Å². The topological polar surface area (TPSA) is 45.2 Å². The molecule has 1 atom stereocenters. The van der Waals surface area contributed by atoms with Crippen LogP contribution in [-0.2, 0) is 0 Å². The molecule has 1 amide bonds. The van der Waals surface area contributed by atoms with Gasteiger partial charge in [0, 0.05) is 37.0 Å². The Bertz CT molecular complexity index is 894. The number of aromatic nitrogens is 1. The maximum Gasteiger partial charge on any atom is 0.251 e. The molecular formula is C24H25N3O. The summed E-state index contributed by atoms with van der Waals surface area (Å²) in [5.74, 6) is 0.586. The second kappa shape index (κ2) is 8.81. The molecule has 0 radical (unpaired) electrons. The number of hydrogen-bond acceptors (Lipinski definition) is 3. The van der Waals surface area contributed by atoms with Gasteiger partial charge in [0.1, 0.15) is 0 Å². The van der Waals surface area contributed by atoms with Gasteiger partial charge in [-0.15, -0.1) is 0 Å². The van der Waals surface area contributed by atoms with Gasteiger partial charge >= 0.3 is 0 Å². The first-order chi connectivity index (χ1) is 13.8. The average molecular weight is 371 g/mol. The van der Waals surface area contributed by atoms with Gasteiger partial charge in [-0.1, -0.05) is 48.5 Å². The fourth-order valence-electron chi connectivity index (χ4n) is 3.79. The second-order valence-electron chi connectivity index (χ2n) is 7.25. The molecule has 0 spiro atoms. The maximum absolute atomic E-state index is 12.4. The predicted molar refractivity (Wildman–Crippen MR) is 112 cm³/mol. The molecule has 2 aromatic carbocycles. The minimum atomic E-state index is -0.0219. The molecular weight excluding hydrogens is 346 g/mol. The number of carbonyl (C=O) groups is 1. The quantitative estimate of drug-likeness (QED) is 0.713. The summed E-state index contributed by atoms with van der Waals surface area (Å²) in [5.41, 5.74) is 4.03. The van der Waals surface area contributed by atoms with Crippen LogP contribution < -0.4 is 5.32 Å². The van der Waals surface area contributed by atoms with Crippen molar-refractivity contribution in [3.8, 4) is 11.3 Å². The zero-order chi connectivity index (χ0) is 19.2. The van der Waals surface area contributed by atoms with Crippen LogP contribution in [0.4, 0.5) is 0 Å². The van der Waals surface area contributed by atoms with Crippen LogP contribution >= 0.6 is 0 Å². The number of amides is 1. The van der Waals surface area contributed by atoms with E-state index in [0.717, 1.165) is 30.9 Å². The van der Waals surface area contributed by atoms with Gasteiger partial charge in [0.05, 0.1) is 5.69 Å². The maximum atomic E-state index is 12.4. The Hall–Kier alpha value is -2.98. The molecule has 1 saturated heterocycles. The van der Waals surface area contributed by atoms with E-state index in [0.29, 0.717) is 18.0 Å². The van der Waals surface area contributed by atoms with Crippen molar-refractivity contribution in [2.75, 3.05) is 26.2 Å². The van der Waals surface area contributed by atoms with E-state index < -0.39 is 0 Å². The highest BCUT2D eigenvalue weighted by Gasteiger charge is 2.23. The number of benzene rings is 2. The third-order valence-electron chi connectivity index (χ3n) is 5.36. The van der Waals surface area contributed by atoms with Crippen molar-refractivity contribution in [2.45, 2.75) is 12.3 Å². The van der Waals surface area contributed by atoms with Crippen LogP contribution in [0, 0.1) is 0 Å². The van der Waals surface area contributed by atoms with Crippen molar-refractivity contribution in [3.63, 3.8) is 0 Å². The molecule has 4 heteroatoms. The number of carbonyl (C=O) groups excluding carboxylic acids is 1. The minimum Gasteiger partial charge on any atom is -0.351 e. The predicted octanol–water partition coefficient (Wildman–Crippen LogP) is 3.97. The molecule has 28 heavy (non-hydrogen) atoms. The lowest BCUT2D eigenvalue weighted by Gasteiger charge is -2.16. The van der Waals surface area contributed by atoms with E-state index in [2.05, 4.69) is 45.5 Å². The fourth-order valence-corrected chi connectivity index (χ4v) is 3.79. The normalized spacial score (nSPS) is 16.8. The highest BCUT2D eigenvalue weighted by Crippen LogP contribution is 2.26. The van der Waals surface area contributed by atoms with E-state index in [9.17, 15) is 4.79 Å². The van der Waals surface area contributed by atoms with Crippen molar-refractivity contribution < 1.29 is 4.79 Å². The van der Waals surface area contributed by atoms with Crippen LogP contribution in [0.2, 0.25) is 0 Å². The lowest BCUT2D eigenvalue weighted by molar-refractivity contribution is 0.0949. The Morgan fingerprint density at radius 2 is 1.79 bits per heavy atom. The summed E-state index contributed by atoms with van der Waals surface area (Å²) in [5, 5.41) is 3.04. The largest absolute Gasteiger partial charge is 0.351 e. The van der Waals surface area contributed by atoms with Gasteiger partial charge in [-0.3, -0.25) is 9.78 Å². The molecule has 4 rings (SSSR count). The van der Waals surface area contributed by atoms with E-state index in [-0.39, 0.29) is 5.91 Å². The SMILES string of the molecule is O=C(NCCN1CC[C@H](c2ccccc2)C1)c1ccc(-c2ccccn2)cc1. The highest BCUT2D eigenvalue weighted by molar-refractivity contribution is 5.94. The Morgan fingerprint density at radius 1 is 1.00 bits per heavy atom. The van der Waals surface area contributed by atoms with Gasteiger partial charge in [-0.2, -0.15) is 0 Å². The summed E-state index contributed by atoms with van der Waals surface area (Å²) in [7, 11) is 0. The van der Waals surface area contributed by atoms with Crippen LogP contribution in [-0.4, -0.2) is 42.0 Å². The molecule has 1 fully saturated rings. The molecule has 1 aliphatic heterocycles. The zero-order valence-electron chi connectivity index (χ0n) is 15.9. The number of nitrogens with zero attached hydrogens (tertiary/aromatic N) is 2. The van der Waals surface area contributed by atoms with Crippen LogP contribution in [0.3, 0.4) is 0 Å². The van der Waals surface area contributed by atoms with Crippen LogP contribution in [0.25, 0.3) is 11.3 Å².